The smallest absolute Gasteiger partial charge is 0.137 e. The molecule has 2 rings (SSSR count). The van der Waals surface area contributed by atoms with E-state index in [0.29, 0.717) is 12.3 Å². The van der Waals surface area contributed by atoms with E-state index in [-0.39, 0.29) is 5.92 Å². The van der Waals surface area contributed by atoms with Crippen LogP contribution < -0.4 is 0 Å². The normalized spacial score (nSPS) is 20.3. The van der Waals surface area contributed by atoms with Crippen LogP contribution in [-0.4, -0.2) is 20.5 Å². The molecule has 14 heavy (non-hydrogen) atoms. The number of carbonyl (C=O) groups is 1. The molecule has 0 bridgehead atoms. The van der Waals surface area contributed by atoms with E-state index in [1.54, 1.807) is 11.0 Å². The van der Waals surface area contributed by atoms with Crippen LogP contribution >= 0.6 is 0 Å². The zero-order chi connectivity index (χ0) is 10.4. The van der Waals surface area contributed by atoms with Crippen LogP contribution in [0.15, 0.2) is 25.8 Å². The maximum Gasteiger partial charge on any atom is 0.137 e. The number of hydrogen-bond acceptors (Lipinski definition) is 3. The van der Waals surface area contributed by atoms with Gasteiger partial charge in [-0.05, 0) is 12.8 Å². The number of rotatable bonds is 2. The molecule has 1 fully saturated rings. The molecule has 4 nitrogen and oxygen atoms in total. The Morgan fingerprint density at radius 3 is 2.86 bits per heavy atom. The van der Waals surface area contributed by atoms with Crippen LogP contribution in [0.5, 0.6) is 0 Å². The van der Waals surface area contributed by atoms with Gasteiger partial charge >= 0.3 is 0 Å². The largest absolute Gasteiger partial charge is 0.299 e. The summed E-state index contributed by atoms with van der Waals surface area (Å²) in [6, 6.07) is 0. The molecule has 0 radical (unpaired) electrons. The lowest BCUT2D eigenvalue weighted by molar-refractivity contribution is -0.121. The van der Waals surface area contributed by atoms with E-state index in [1.807, 2.05) is 0 Å². The number of aromatic nitrogens is 3. The average Bonchev–Trinajstić information content (AvgIpc) is 2.83. The van der Waals surface area contributed by atoms with Crippen molar-refractivity contribution in [2.24, 2.45) is 5.92 Å². The van der Waals surface area contributed by atoms with Crippen LogP contribution in [-0.2, 0) is 11.3 Å². The third-order valence-electron chi connectivity index (χ3n) is 2.31. The van der Waals surface area contributed by atoms with Crippen molar-refractivity contribution in [1.82, 2.24) is 14.8 Å². The molecular weight excluding hydrogens is 178 g/mol. The molecule has 1 aromatic rings. The molecule has 1 saturated carbocycles. The lowest BCUT2D eigenvalue weighted by atomic mass is 10.1. The van der Waals surface area contributed by atoms with Gasteiger partial charge in [-0.25, -0.2) is 4.98 Å². The summed E-state index contributed by atoms with van der Waals surface area (Å²) in [5, 5.41) is 3.97. The first-order chi connectivity index (χ1) is 6.86. The summed E-state index contributed by atoms with van der Waals surface area (Å²) in [7, 11) is 0. The minimum atomic E-state index is 0.187. The number of Topliss-reactive ketones (excluding diaryl/α,β-unsaturated/α-hetero) is 1. The van der Waals surface area contributed by atoms with Gasteiger partial charge in [0.05, 0.1) is 6.54 Å². The number of carbonyl (C=O) groups excluding carboxylic acids is 1. The Balaban J connectivity index is 0.000000461. The Morgan fingerprint density at radius 1 is 1.57 bits per heavy atom. The third kappa shape index (κ3) is 2.52. The first-order valence-corrected chi connectivity index (χ1v) is 4.71. The van der Waals surface area contributed by atoms with Gasteiger partial charge < -0.3 is 0 Å². The van der Waals surface area contributed by atoms with Crippen LogP contribution in [0.3, 0.4) is 0 Å². The molecule has 0 amide bonds. The fraction of sp³-hybridized carbons (Fsp3) is 0.500. The SMILES string of the molecule is C=C.O=C1CCCC1Cn1cncn1. The summed E-state index contributed by atoms with van der Waals surface area (Å²) in [5.41, 5.74) is 0. The molecule has 0 saturated heterocycles. The van der Waals surface area contributed by atoms with Crippen molar-refractivity contribution < 1.29 is 4.79 Å². The van der Waals surface area contributed by atoms with Crippen LogP contribution in [0.2, 0.25) is 0 Å². The zero-order valence-corrected chi connectivity index (χ0v) is 8.22. The second-order valence-corrected chi connectivity index (χ2v) is 3.17. The molecule has 1 aromatic heterocycles. The van der Waals surface area contributed by atoms with Crippen molar-refractivity contribution >= 4 is 5.78 Å². The highest BCUT2D eigenvalue weighted by Crippen LogP contribution is 2.22. The zero-order valence-electron chi connectivity index (χ0n) is 8.22. The van der Waals surface area contributed by atoms with Gasteiger partial charge in [0.1, 0.15) is 18.4 Å². The molecule has 4 heteroatoms. The third-order valence-corrected chi connectivity index (χ3v) is 2.31. The Labute approximate surface area is 83.6 Å². The summed E-state index contributed by atoms with van der Waals surface area (Å²) in [6.45, 7) is 6.71. The Kier molecular flexibility index (Phi) is 4.04. The van der Waals surface area contributed by atoms with Gasteiger partial charge in [0.25, 0.3) is 0 Å². The quantitative estimate of drug-likeness (QED) is 0.668. The van der Waals surface area contributed by atoms with E-state index >= 15 is 0 Å². The van der Waals surface area contributed by atoms with Crippen LogP contribution in [0.25, 0.3) is 0 Å². The topological polar surface area (TPSA) is 47.8 Å². The molecule has 1 atom stereocenters. The summed E-state index contributed by atoms with van der Waals surface area (Å²) >= 11 is 0. The maximum atomic E-state index is 11.2. The summed E-state index contributed by atoms with van der Waals surface area (Å²) in [5.74, 6) is 0.567. The van der Waals surface area contributed by atoms with Crippen LogP contribution in [0.4, 0.5) is 0 Å². The van der Waals surface area contributed by atoms with Crippen molar-refractivity contribution in [3.63, 3.8) is 0 Å². The molecule has 0 spiro atoms. The van der Waals surface area contributed by atoms with E-state index in [2.05, 4.69) is 23.2 Å². The summed E-state index contributed by atoms with van der Waals surface area (Å²) in [4.78, 5) is 15.1. The minimum absolute atomic E-state index is 0.187. The number of ketones is 1. The minimum Gasteiger partial charge on any atom is -0.299 e. The molecule has 0 N–H and O–H groups in total. The predicted molar refractivity (Wildman–Crippen MR) is 53.6 cm³/mol. The molecule has 1 aliphatic rings. The Bertz CT molecular complexity index is 282. The molecule has 0 aliphatic heterocycles. The van der Waals surface area contributed by atoms with Crippen molar-refractivity contribution in [2.75, 3.05) is 0 Å². The van der Waals surface area contributed by atoms with E-state index in [9.17, 15) is 4.79 Å². The van der Waals surface area contributed by atoms with Crippen molar-refractivity contribution in [2.45, 2.75) is 25.8 Å². The highest BCUT2D eigenvalue weighted by atomic mass is 16.1. The molecule has 0 aromatic carbocycles. The fourth-order valence-electron chi connectivity index (χ4n) is 1.63. The first kappa shape index (κ1) is 10.6. The van der Waals surface area contributed by atoms with Crippen molar-refractivity contribution in [3.8, 4) is 0 Å². The molecule has 76 valence electrons. The number of nitrogens with zero attached hydrogens (tertiary/aromatic N) is 3. The second-order valence-electron chi connectivity index (χ2n) is 3.17. The van der Waals surface area contributed by atoms with Crippen LogP contribution in [0.1, 0.15) is 19.3 Å². The maximum absolute atomic E-state index is 11.2. The lowest BCUT2D eigenvalue weighted by Crippen LogP contribution is -2.14. The van der Waals surface area contributed by atoms with E-state index < -0.39 is 0 Å². The van der Waals surface area contributed by atoms with E-state index in [1.165, 1.54) is 6.33 Å². The second kappa shape index (κ2) is 5.32. The van der Waals surface area contributed by atoms with Gasteiger partial charge in [-0.3, -0.25) is 9.48 Å². The van der Waals surface area contributed by atoms with E-state index in [4.69, 9.17) is 0 Å². The standard InChI is InChI=1S/C8H11N3O.C2H4/c12-8-3-1-2-7(8)4-11-6-9-5-10-11;1-2/h5-7H,1-4H2;1-2H2. The van der Waals surface area contributed by atoms with Crippen LogP contribution in [0, 0.1) is 5.92 Å². The summed E-state index contributed by atoms with van der Waals surface area (Å²) < 4.78 is 1.73. The van der Waals surface area contributed by atoms with Gasteiger partial charge in [-0.15, -0.1) is 13.2 Å². The Morgan fingerprint density at radius 2 is 2.36 bits per heavy atom. The first-order valence-electron chi connectivity index (χ1n) is 4.71. The van der Waals surface area contributed by atoms with E-state index in [0.717, 1.165) is 19.3 Å². The number of hydrogen-bond donors (Lipinski definition) is 0. The van der Waals surface area contributed by atoms with Crippen molar-refractivity contribution in [3.05, 3.63) is 25.8 Å². The fourth-order valence-corrected chi connectivity index (χ4v) is 1.63. The van der Waals surface area contributed by atoms with Gasteiger partial charge in [0.2, 0.25) is 0 Å². The van der Waals surface area contributed by atoms with Gasteiger partial charge in [-0.2, -0.15) is 5.10 Å². The summed E-state index contributed by atoms with van der Waals surface area (Å²) in [6.07, 6.45) is 5.96. The molecule has 1 aliphatic carbocycles. The van der Waals surface area contributed by atoms with Gasteiger partial charge in [0.15, 0.2) is 0 Å². The average molecular weight is 193 g/mol. The predicted octanol–water partition coefficient (Wildman–Crippen LogP) is 1.45. The van der Waals surface area contributed by atoms with Gasteiger partial charge in [0, 0.05) is 12.3 Å². The van der Waals surface area contributed by atoms with Gasteiger partial charge in [-0.1, -0.05) is 0 Å². The molecule has 1 heterocycles. The highest BCUT2D eigenvalue weighted by molar-refractivity contribution is 5.82. The Hall–Kier alpha value is -1.45. The molecular formula is C10H15N3O. The van der Waals surface area contributed by atoms with Crippen molar-refractivity contribution in [1.29, 1.82) is 0 Å². The monoisotopic (exact) mass is 193 g/mol. The molecule has 1 unspecified atom stereocenters. The highest BCUT2D eigenvalue weighted by Gasteiger charge is 2.24. The lowest BCUT2D eigenvalue weighted by Gasteiger charge is -2.05.